The second-order valence-corrected chi connectivity index (χ2v) is 9.54. The standard InChI is InChI=1S/C22H21N5O8S2/c1-4-6-33-26-14(12-9-37-21(23)24-12)17(28)25-15-18(29)27-16(11(5-2)8-36-19(15)27)20(30)32-7-13-10(3)34-22(31)35-13/h4-5,9,15,19H,1-2,6-8H2,3H3,(H2,23,24)(H,25,28)/t15?,19-/m1/s1. The molecule has 0 saturated carbocycles. The third kappa shape index (κ3) is 5.22. The van der Waals surface area contributed by atoms with Crippen molar-refractivity contribution in [1.29, 1.82) is 0 Å². The topological polar surface area (TPSA) is 180 Å². The predicted molar refractivity (Wildman–Crippen MR) is 133 cm³/mol. The number of aromatic nitrogens is 1. The summed E-state index contributed by atoms with van der Waals surface area (Å²) < 4.78 is 14.9. The third-order valence-corrected chi connectivity index (χ3v) is 7.20. The molecule has 4 heterocycles. The molecule has 2 aromatic rings. The van der Waals surface area contributed by atoms with Crippen LogP contribution in [0.5, 0.6) is 0 Å². The lowest BCUT2D eigenvalue weighted by molar-refractivity contribution is -0.153. The number of aryl methyl sites for hydroxylation is 1. The van der Waals surface area contributed by atoms with Crippen LogP contribution in [0.1, 0.15) is 17.2 Å². The number of carbonyl (C=O) groups excluding carboxylic acids is 3. The van der Waals surface area contributed by atoms with Crippen molar-refractivity contribution in [3.63, 3.8) is 0 Å². The minimum atomic E-state index is -0.957. The molecule has 0 aliphatic carbocycles. The zero-order valence-corrected chi connectivity index (χ0v) is 21.1. The zero-order chi connectivity index (χ0) is 26.7. The van der Waals surface area contributed by atoms with Crippen LogP contribution in [0.3, 0.4) is 0 Å². The fourth-order valence-electron chi connectivity index (χ4n) is 3.46. The molecule has 0 spiro atoms. The molecule has 1 saturated heterocycles. The summed E-state index contributed by atoms with van der Waals surface area (Å²) in [5.74, 6) is -2.42. The summed E-state index contributed by atoms with van der Waals surface area (Å²) in [6.45, 7) is 8.40. The molecule has 0 aromatic carbocycles. The number of hydrogen-bond acceptors (Lipinski definition) is 13. The number of thioether (sulfide) groups is 1. The highest BCUT2D eigenvalue weighted by atomic mass is 32.2. The quantitative estimate of drug-likeness (QED) is 0.108. The number of allylic oxidation sites excluding steroid dienone is 1. The lowest BCUT2D eigenvalue weighted by atomic mass is 10.0. The first kappa shape index (κ1) is 26.0. The van der Waals surface area contributed by atoms with Gasteiger partial charge < -0.3 is 29.5 Å². The first-order valence-corrected chi connectivity index (χ1v) is 12.6. The number of oxime groups is 1. The Balaban J connectivity index is 1.49. The van der Waals surface area contributed by atoms with Crippen LogP contribution in [0.25, 0.3) is 0 Å². The van der Waals surface area contributed by atoms with Gasteiger partial charge in [0.2, 0.25) is 0 Å². The summed E-state index contributed by atoms with van der Waals surface area (Å²) in [4.78, 5) is 60.6. The van der Waals surface area contributed by atoms with Crippen LogP contribution in [0, 0.1) is 6.92 Å². The average Bonchev–Trinajstić information content (AvgIpc) is 3.45. The molecule has 194 valence electrons. The molecule has 2 atom stereocenters. The summed E-state index contributed by atoms with van der Waals surface area (Å²) in [5.41, 5.74) is 6.17. The number of carbonyl (C=O) groups is 3. The van der Waals surface area contributed by atoms with Crippen LogP contribution >= 0.6 is 23.1 Å². The number of nitrogens with one attached hydrogen (secondary N) is 1. The number of nitrogen functional groups attached to an aromatic ring is 1. The molecule has 4 rings (SSSR count). The van der Waals surface area contributed by atoms with E-state index in [4.69, 9.17) is 24.1 Å². The summed E-state index contributed by atoms with van der Waals surface area (Å²) in [5, 5.41) is 7.63. The maximum Gasteiger partial charge on any atom is 0.519 e. The van der Waals surface area contributed by atoms with Gasteiger partial charge in [-0.2, -0.15) is 0 Å². The Bertz CT molecular complexity index is 1390. The van der Waals surface area contributed by atoms with Crippen molar-refractivity contribution in [2.75, 3.05) is 18.1 Å². The Morgan fingerprint density at radius 3 is 2.78 bits per heavy atom. The van der Waals surface area contributed by atoms with Gasteiger partial charge in [-0.05, 0) is 12.5 Å². The molecule has 2 aliphatic heterocycles. The molecule has 37 heavy (non-hydrogen) atoms. The number of thiazole rings is 1. The van der Waals surface area contributed by atoms with E-state index in [1.165, 1.54) is 41.1 Å². The van der Waals surface area contributed by atoms with Crippen LogP contribution < -0.4 is 16.9 Å². The van der Waals surface area contributed by atoms with E-state index in [0.717, 1.165) is 11.3 Å². The van der Waals surface area contributed by atoms with Crippen molar-refractivity contribution >= 4 is 51.7 Å². The van der Waals surface area contributed by atoms with Crippen molar-refractivity contribution < 1.29 is 32.8 Å². The molecule has 2 aliphatic rings. The van der Waals surface area contributed by atoms with E-state index in [9.17, 15) is 19.2 Å². The number of ether oxygens (including phenoxy) is 1. The Morgan fingerprint density at radius 1 is 1.38 bits per heavy atom. The van der Waals surface area contributed by atoms with Gasteiger partial charge in [0, 0.05) is 11.1 Å². The number of rotatable bonds is 10. The fourth-order valence-corrected chi connectivity index (χ4v) is 5.35. The first-order chi connectivity index (χ1) is 17.7. The summed E-state index contributed by atoms with van der Waals surface area (Å²) >= 11 is 2.45. The van der Waals surface area contributed by atoms with E-state index >= 15 is 0 Å². The molecule has 2 amide bonds. The largest absolute Gasteiger partial charge is 0.519 e. The van der Waals surface area contributed by atoms with Gasteiger partial charge in [-0.25, -0.2) is 14.6 Å². The van der Waals surface area contributed by atoms with Gasteiger partial charge in [-0.1, -0.05) is 30.5 Å². The van der Waals surface area contributed by atoms with Gasteiger partial charge in [-0.3, -0.25) is 14.5 Å². The van der Waals surface area contributed by atoms with E-state index in [1.54, 1.807) is 0 Å². The number of β-lactam (4-membered cyclic amide) rings is 1. The summed E-state index contributed by atoms with van der Waals surface area (Å²) in [6.07, 6.45) is 2.91. The van der Waals surface area contributed by atoms with Gasteiger partial charge >= 0.3 is 11.8 Å². The number of fused-ring (bicyclic) bond motifs is 1. The first-order valence-electron chi connectivity index (χ1n) is 10.6. The van der Waals surface area contributed by atoms with Crippen LogP contribution in [0.2, 0.25) is 0 Å². The number of nitrogens with two attached hydrogens (primary N) is 1. The van der Waals surface area contributed by atoms with E-state index < -0.39 is 35.0 Å². The van der Waals surface area contributed by atoms with E-state index in [-0.39, 0.29) is 47.0 Å². The predicted octanol–water partition coefficient (Wildman–Crippen LogP) is 1.07. The van der Waals surface area contributed by atoms with Crippen molar-refractivity contribution in [1.82, 2.24) is 15.2 Å². The van der Waals surface area contributed by atoms with Crippen molar-refractivity contribution in [2.24, 2.45) is 5.16 Å². The number of nitrogens with zero attached hydrogens (tertiary/aromatic N) is 3. The molecule has 1 fully saturated rings. The van der Waals surface area contributed by atoms with Crippen LogP contribution in [-0.2, 0) is 30.6 Å². The average molecular weight is 548 g/mol. The highest BCUT2D eigenvalue weighted by Gasteiger charge is 2.54. The van der Waals surface area contributed by atoms with E-state index in [2.05, 4.69) is 28.6 Å². The molecule has 1 unspecified atom stereocenters. The van der Waals surface area contributed by atoms with E-state index in [1.807, 2.05) is 0 Å². The monoisotopic (exact) mass is 547 g/mol. The number of amides is 2. The Hall–Kier alpha value is -4.11. The summed E-state index contributed by atoms with van der Waals surface area (Å²) in [6, 6.07) is -0.957. The normalized spacial score (nSPS) is 19.1. The molecule has 15 heteroatoms. The Kier molecular flexibility index (Phi) is 7.63. The SMILES string of the molecule is C=CCON=C(C(=O)NC1C(=O)N2C(C(=O)OCc3oc(=O)oc3C)=C(C=C)CS[C@H]12)c1csc(N)n1. The molecule has 2 aromatic heterocycles. The lowest BCUT2D eigenvalue weighted by Gasteiger charge is -2.49. The molecule has 13 nitrogen and oxygen atoms in total. The van der Waals surface area contributed by atoms with Gasteiger partial charge in [0.15, 0.2) is 29.0 Å². The number of esters is 1. The smallest absolute Gasteiger partial charge is 0.453 e. The third-order valence-electron chi connectivity index (χ3n) is 5.22. The van der Waals surface area contributed by atoms with Gasteiger partial charge in [0.1, 0.15) is 29.4 Å². The minimum Gasteiger partial charge on any atom is -0.453 e. The lowest BCUT2D eigenvalue weighted by Crippen LogP contribution is -2.71. The minimum absolute atomic E-state index is 0.00627. The second-order valence-electron chi connectivity index (χ2n) is 7.54. The maximum absolute atomic E-state index is 13.1. The van der Waals surface area contributed by atoms with E-state index in [0.29, 0.717) is 11.3 Å². The molecular formula is C22H21N5O8S2. The highest BCUT2D eigenvalue weighted by molar-refractivity contribution is 8.00. The molecule has 3 N–H and O–H groups in total. The Labute approximate surface area is 217 Å². The zero-order valence-electron chi connectivity index (χ0n) is 19.4. The van der Waals surface area contributed by atoms with Crippen LogP contribution in [0.4, 0.5) is 5.13 Å². The fraction of sp³-hybridized carbons (Fsp3) is 0.273. The van der Waals surface area contributed by atoms with Gasteiger partial charge in [-0.15, -0.1) is 23.1 Å². The summed E-state index contributed by atoms with van der Waals surface area (Å²) in [7, 11) is 0. The number of anilines is 1. The number of hydrogen-bond donors (Lipinski definition) is 2. The van der Waals surface area contributed by atoms with Crippen LogP contribution in [0.15, 0.2) is 60.7 Å². The van der Waals surface area contributed by atoms with Gasteiger partial charge in [0.05, 0.1) is 0 Å². The van der Waals surface area contributed by atoms with Gasteiger partial charge in [0.25, 0.3) is 11.8 Å². The van der Waals surface area contributed by atoms with Crippen LogP contribution in [-0.4, -0.2) is 57.2 Å². The second kappa shape index (κ2) is 10.9. The molecular weight excluding hydrogens is 526 g/mol. The van der Waals surface area contributed by atoms with Crippen molar-refractivity contribution in [2.45, 2.75) is 24.9 Å². The van der Waals surface area contributed by atoms with Crippen molar-refractivity contribution in [3.8, 4) is 0 Å². The Morgan fingerprint density at radius 2 is 2.16 bits per heavy atom. The maximum atomic E-state index is 13.1. The molecule has 0 bridgehead atoms. The highest BCUT2D eigenvalue weighted by Crippen LogP contribution is 2.41. The van der Waals surface area contributed by atoms with Crippen molar-refractivity contribution in [3.05, 3.63) is 69.8 Å². The molecule has 0 radical (unpaired) electrons.